The molecule has 1 aromatic heterocycles. The van der Waals surface area contributed by atoms with E-state index in [4.69, 9.17) is 4.98 Å². The van der Waals surface area contributed by atoms with Gasteiger partial charge in [-0.1, -0.05) is 12.8 Å². The van der Waals surface area contributed by atoms with Crippen LogP contribution < -0.4 is 10.2 Å². The fraction of sp³-hybridized carbons (Fsp3) is 0.826. The van der Waals surface area contributed by atoms with E-state index in [-0.39, 0.29) is 0 Å². The number of piperidine rings is 2. The summed E-state index contributed by atoms with van der Waals surface area (Å²) in [7, 11) is 0. The second-order valence-electron chi connectivity index (χ2n) is 9.48. The fourth-order valence-corrected chi connectivity index (χ4v) is 5.30. The summed E-state index contributed by atoms with van der Waals surface area (Å²) in [5.41, 5.74) is 0. The van der Waals surface area contributed by atoms with Crippen LogP contribution in [0.4, 0.5) is 11.8 Å². The molecule has 1 aromatic rings. The van der Waals surface area contributed by atoms with Gasteiger partial charge in [0.05, 0.1) is 0 Å². The quantitative estimate of drug-likeness (QED) is 0.815. The molecular weight excluding hydrogens is 360 g/mol. The Kier molecular flexibility index (Phi) is 7.24. The summed E-state index contributed by atoms with van der Waals surface area (Å²) in [6.07, 6.45) is 12.3. The van der Waals surface area contributed by atoms with Gasteiger partial charge in [0.25, 0.3) is 0 Å². The lowest BCUT2D eigenvalue weighted by Gasteiger charge is -2.43. The highest BCUT2D eigenvalue weighted by molar-refractivity contribution is 5.43. The number of anilines is 2. The number of rotatable bonds is 5. The van der Waals surface area contributed by atoms with Crippen LogP contribution >= 0.6 is 0 Å². The Morgan fingerprint density at radius 2 is 1.69 bits per heavy atom. The van der Waals surface area contributed by atoms with Gasteiger partial charge in [0, 0.05) is 44.0 Å². The van der Waals surface area contributed by atoms with Crippen LogP contribution in [0.25, 0.3) is 0 Å². The molecular formula is C23H40N6. The molecule has 0 radical (unpaired) electrons. The van der Waals surface area contributed by atoms with Crippen molar-refractivity contribution in [1.82, 2.24) is 19.8 Å². The molecule has 3 saturated heterocycles. The van der Waals surface area contributed by atoms with Gasteiger partial charge in [0.1, 0.15) is 5.82 Å². The predicted octanol–water partition coefficient (Wildman–Crippen LogP) is 3.61. The fourth-order valence-electron chi connectivity index (χ4n) is 5.30. The summed E-state index contributed by atoms with van der Waals surface area (Å²) in [5.74, 6) is 1.91. The lowest BCUT2D eigenvalue weighted by Crippen LogP contribution is -2.52. The smallest absolute Gasteiger partial charge is 0.224 e. The Hall–Kier alpha value is -1.40. The van der Waals surface area contributed by atoms with Crippen molar-refractivity contribution < 1.29 is 0 Å². The van der Waals surface area contributed by atoms with Crippen molar-refractivity contribution in [1.29, 1.82) is 0 Å². The summed E-state index contributed by atoms with van der Waals surface area (Å²) in [6, 6.07) is 3.97. The molecule has 3 fully saturated rings. The summed E-state index contributed by atoms with van der Waals surface area (Å²) < 4.78 is 0. The zero-order valence-corrected chi connectivity index (χ0v) is 18.5. The van der Waals surface area contributed by atoms with Crippen molar-refractivity contribution in [2.45, 2.75) is 83.3 Å². The summed E-state index contributed by atoms with van der Waals surface area (Å²) in [6.45, 7) is 11.8. The molecule has 3 aliphatic heterocycles. The molecule has 29 heavy (non-hydrogen) atoms. The van der Waals surface area contributed by atoms with Crippen LogP contribution in [0.3, 0.4) is 0 Å². The zero-order chi connectivity index (χ0) is 20.1. The summed E-state index contributed by atoms with van der Waals surface area (Å²) in [4.78, 5) is 17.2. The van der Waals surface area contributed by atoms with Crippen molar-refractivity contribution in [2.24, 2.45) is 0 Å². The van der Waals surface area contributed by atoms with Gasteiger partial charge < -0.3 is 15.1 Å². The van der Waals surface area contributed by atoms with Crippen LogP contribution in [0.1, 0.15) is 65.2 Å². The van der Waals surface area contributed by atoms with E-state index in [1.807, 2.05) is 6.20 Å². The Balaban J connectivity index is 1.32. The van der Waals surface area contributed by atoms with Crippen LogP contribution in [0.2, 0.25) is 0 Å². The minimum Gasteiger partial charge on any atom is -0.356 e. The number of hydrogen-bond acceptors (Lipinski definition) is 6. The topological polar surface area (TPSA) is 47.5 Å². The van der Waals surface area contributed by atoms with Crippen LogP contribution in [0.15, 0.2) is 12.3 Å². The largest absolute Gasteiger partial charge is 0.356 e. The van der Waals surface area contributed by atoms with E-state index >= 15 is 0 Å². The van der Waals surface area contributed by atoms with Gasteiger partial charge in [-0.25, -0.2) is 4.98 Å². The third-order valence-electron chi connectivity index (χ3n) is 7.10. The third-order valence-corrected chi connectivity index (χ3v) is 7.10. The van der Waals surface area contributed by atoms with Gasteiger partial charge >= 0.3 is 0 Å². The highest BCUT2D eigenvalue weighted by Crippen LogP contribution is 2.24. The van der Waals surface area contributed by atoms with E-state index in [0.29, 0.717) is 12.1 Å². The van der Waals surface area contributed by atoms with Gasteiger partial charge in [-0.3, -0.25) is 4.90 Å². The average Bonchev–Trinajstić information content (AvgIpc) is 3.04. The molecule has 0 amide bonds. The normalized spacial score (nSPS) is 25.9. The molecule has 1 atom stereocenters. The van der Waals surface area contributed by atoms with Crippen LogP contribution in [-0.4, -0.2) is 77.2 Å². The molecule has 1 unspecified atom stereocenters. The standard InChI is InChI=1S/C23H40N6/c1-19(2)27-16-10-21(11-17-27)29-15-7-8-20(18-29)25-23-24-12-9-22(26-23)28-13-5-3-4-6-14-28/h9,12,19-21H,3-8,10-11,13-18H2,1-2H3,(H,24,25,26). The van der Waals surface area contributed by atoms with Crippen LogP contribution in [0, 0.1) is 0 Å². The van der Waals surface area contributed by atoms with Crippen molar-refractivity contribution in [3.63, 3.8) is 0 Å². The van der Waals surface area contributed by atoms with E-state index in [9.17, 15) is 0 Å². The van der Waals surface area contributed by atoms with Crippen LogP contribution in [-0.2, 0) is 0 Å². The second kappa shape index (κ2) is 10.1. The van der Waals surface area contributed by atoms with Crippen LogP contribution in [0.5, 0.6) is 0 Å². The van der Waals surface area contributed by atoms with Crippen molar-refractivity contribution in [3.8, 4) is 0 Å². The minimum absolute atomic E-state index is 0.464. The monoisotopic (exact) mass is 400 g/mol. The zero-order valence-electron chi connectivity index (χ0n) is 18.5. The first-order valence-corrected chi connectivity index (χ1v) is 12.0. The number of aromatic nitrogens is 2. The lowest BCUT2D eigenvalue weighted by atomic mass is 9.97. The predicted molar refractivity (Wildman–Crippen MR) is 121 cm³/mol. The maximum absolute atomic E-state index is 4.88. The SMILES string of the molecule is CC(C)N1CCC(N2CCCC(Nc3nccc(N4CCCCCC4)n3)C2)CC1. The second-order valence-corrected chi connectivity index (χ2v) is 9.48. The van der Waals surface area contributed by atoms with E-state index in [1.165, 1.54) is 71.0 Å². The van der Waals surface area contributed by atoms with Gasteiger partial charge in [0.15, 0.2) is 0 Å². The molecule has 0 spiro atoms. The first-order chi connectivity index (χ1) is 14.2. The van der Waals surface area contributed by atoms with Gasteiger partial charge in [-0.2, -0.15) is 4.98 Å². The molecule has 1 N–H and O–H groups in total. The Morgan fingerprint density at radius 3 is 2.41 bits per heavy atom. The number of nitrogens with one attached hydrogen (secondary N) is 1. The van der Waals surface area contributed by atoms with E-state index in [1.54, 1.807) is 0 Å². The Labute approximate surface area is 177 Å². The summed E-state index contributed by atoms with van der Waals surface area (Å²) in [5, 5.41) is 3.67. The maximum Gasteiger partial charge on any atom is 0.224 e. The molecule has 0 saturated carbocycles. The molecule has 6 nitrogen and oxygen atoms in total. The Morgan fingerprint density at radius 1 is 0.931 bits per heavy atom. The molecule has 0 aromatic carbocycles. The highest BCUT2D eigenvalue weighted by atomic mass is 15.3. The number of nitrogens with zero attached hydrogens (tertiary/aromatic N) is 5. The molecule has 4 heterocycles. The molecule has 6 heteroatoms. The molecule has 0 bridgehead atoms. The Bertz CT molecular complexity index is 620. The third kappa shape index (κ3) is 5.60. The van der Waals surface area contributed by atoms with E-state index in [2.05, 4.69) is 44.9 Å². The van der Waals surface area contributed by atoms with E-state index < -0.39 is 0 Å². The first-order valence-electron chi connectivity index (χ1n) is 12.0. The molecule has 4 rings (SSSR count). The van der Waals surface area contributed by atoms with E-state index in [0.717, 1.165) is 37.4 Å². The highest BCUT2D eigenvalue weighted by Gasteiger charge is 2.29. The average molecular weight is 401 g/mol. The van der Waals surface area contributed by atoms with Gasteiger partial charge in [-0.15, -0.1) is 0 Å². The molecule has 0 aliphatic carbocycles. The summed E-state index contributed by atoms with van der Waals surface area (Å²) >= 11 is 0. The van der Waals surface area contributed by atoms with Crippen molar-refractivity contribution in [3.05, 3.63) is 12.3 Å². The van der Waals surface area contributed by atoms with Crippen molar-refractivity contribution in [2.75, 3.05) is 49.5 Å². The van der Waals surface area contributed by atoms with Gasteiger partial charge in [-0.05, 0) is 78.1 Å². The lowest BCUT2D eigenvalue weighted by molar-refractivity contribution is 0.0761. The number of likely N-dealkylation sites (tertiary alicyclic amines) is 2. The van der Waals surface area contributed by atoms with Crippen molar-refractivity contribution >= 4 is 11.8 Å². The van der Waals surface area contributed by atoms with Gasteiger partial charge in [0.2, 0.25) is 5.95 Å². The number of hydrogen-bond donors (Lipinski definition) is 1. The molecule has 162 valence electrons. The molecule has 3 aliphatic rings. The maximum atomic E-state index is 4.88. The minimum atomic E-state index is 0.464. The first kappa shape index (κ1) is 20.9.